The Kier molecular flexibility index (Phi) is 3.69. The quantitative estimate of drug-likeness (QED) is 0.669. The maximum Gasteiger partial charge on any atom is 0.149 e. The van der Waals surface area contributed by atoms with Gasteiger partial charge in [-0.25, -0.2) is 0 Å². The van der Waals surface area contributed by atoms with Gasteiger partial charge in [0.05, 0.1) is 12.6 Å². The third kappa shape index (κ3) is 2.29. The molecule has 0 aromatic carbocycles. The lowest BCUT2D eigenvalue weighted by Gasteiger charge is -2.29. The molecule has 1 saturated carbocycles. The molecule has 0 aromatic heterocycles. The number of hydrogen-bond acceptors (Lipinski definition) is 3. The Bertz CT molecular complexity index is 159. The fourth-order valence-corrected chi connectivity index (χ4v) is 1.74. The molecule has 1 aliphatic rings. The summed E-state index contributed by atoms with van der Waals surface area (Å²) in [5, 5.41) is 8.70. The van der Waals surface area contributed by atoms with Crippen molar-refractivity contribution in [2.45, 2.75) is 31.7 Å². The topological polar surface area (TPSA) is 40.5 Å². The summed E-state index contributed by atoms with van der Waals surface area (Å²) in [4.78, 5) is 13.3. The van der Waals surface area contributed by atoms with Crippen molar-refractivity contribution in [2.24, 2.45) is 0 Å². The van der Waals surface area contributed by atoms with Crippen LogP contribution in [0.15, 0.2) is 0 Å². The van der Waals surface area contributed by atoms with E-state index in [4.69, 9.17) is 5.11 Å². The smallest absolute Gasteiger partial charge is 0.149 e. The van der Waals surface area contributed by atoms with Crippen molar-refractivity contribution in [3.05, 3.63) is 0 Å². The van der Waals surface area contributed by atoms with Gasteiger partial charge < -0.3 is 5.11 Å². The predicted molar refractivity (Wildman–Crippen MR) is 47.0 cm³/mol. The molecule has 0 aliphatic heterocycles. The van der Waals surface area contributed by atoms with Gasteiger partial charge in [-0.15, -0.1) is 0 Å². The second-order valence-electron chi connectivity index (χ2n) is 3.43. The number of carbonyl (C=O) groups is 1. The van der Waals surface area contributed by atoms with Gasteiger partial charge in [-0.05, 0) is 19.9 Å². The van der Waals surface area contributed by atoms with E-state index in [1.165, 1.54) is 0 Å². The van der Waals surface area contributed by atoms with Crippen molar-refractivity contribution in [3.8, 4) is 0 Å². The zero-order chi connectivity index (χ0) is 8.97. The SMILES string of the molecule is CN(CCO)C1CCCCC1=O. The number of likely N-dealkylation sites (N-methyl/N-ethyl adjacent to an activating group) is 1. The van der Waals surface area contributed by atoms with Crippen LogP contribution in [0.2, 0.25) is 0 Å². The summed E-state index contributed by atoms with van der Waals surface area (Å²) in [5.74, 6) is 0.345. The molecule has 1 N–H and O–H groups in total. The molecule has 1 fully saturated rings. The van der Waals surface area contributed by atoms with Crippen molar-refractivity contribution in [2.75, 3.05) is 20.2 Å². The maximum atomic E-state index is 11.4. The van der Waals surface area contributed by atoms with Crippen LogP contribution in [0.4, 0.5) is 0 Å². The van der Waals surface area contributed by atoms with E-state index >= 15 is 0 Å². The van der Waals surface area contributed by atoms with Crippen LogP contribution in [0.3, 0.4) is 0 Å². The highest BCUT2D eigenvalue weighted by Gasteiger charge is 2.25. The minimum absolute atomic E-state index is 0.0749. The molecule has 1 aliphatic carbocycles. The van der Waals surface area contributed by atoms with Gasteiger partial charge in [0.2, 0.25) is 0 Å². The number of rotatable bonds is 3. The summed E-state index contributed by atoms with van der Waals surface area (Å²) < 4.78 is 0. The standard InChI is InChI=1S/C9H17NO2/c1-10(6-7-11)8-4-2-3-5-9(8)12/h8,11H,2-7H2,1H3. The third-order valence-corrected chi connectivity index (χ3v) is 2.51. The predicted octanol–water partition coefficient (Wildman–Crippen LogP) is 0.422. The molecule has 1 unspecified atom stereocenters. The minimum Gasteiger partial charge on any atom is -0.395 e. The van der Waals surface area contributed by atoms with Gasteiger partial charge in [0.1, 0.15) is 5.78 Å². The summed E-state index contributed by atoms with van der Waals surface area (Å²) in [7, 11) is 1.91. The van der Waals surface area contributed by atoms with Crippen molar-refractivity contribution in [3.63, 3.8) is 0 Å². The number of aliphatic hydroxyl groups excluding tert-OH is 1. The van der Waals surface area contributed by atoms with E-state index in [1.54, 1.807) is 0 Å². The van der Waals surface area contributed by atoms with Crippen LogP contribution in [0.25, 0.3) is 0 Å². The van der Waals surface area contributed by atoms with E-state index in [1.807, 2.05) is 11.9 Å². The Morgan fingerprint density at radius 2 is 2.33 bits per heavy atom. The molecule has 0 spiro atoms. The van der Waals surface area contributed by atoms with E-state index in [0.29, 0.717) is 12.3 Å². The van der Waals surface area contributed by atoms with Crippen LogP contribution in [-0.4, -0.2) is 42.0 Å². The van der Waals surface area contributed by atoms with Gasteiger partial charge in [0, 0.05) is 13.0 Å². The van der Waals surface area contributed by atoms with Crippen LogP contribution in [-0.2, 0) is 4.79 Å². The summed E-state index contributed by atoms with van der Waals surface area (Å²) in [6.07, 6.45) is 3.88. The maximum absolute atomic E-state index is 11.4. The molecule has 0 heterocycles. The monoisotopic (exact) mass is 171 g/mol. The number of nitrogens with zero attached hydrogens (tertiary/aromatic N) is 1. The molecule has 3 nitrogen and oxygen atoms in total. The van der Waals surface area contributed by atoms with E-state index in [-0.39, 0.29) is 12.6 Å². The van der Waals surface area contributed by atoms with Crippen molar-refractivity contribution >= 4 is 5.78 Å². The van der Waals surface area contributed by atoms with E-state index in [0.717, 1.165) is 25.7 Å². The molecule has 0 radical (unpaired) electrons. The van der Waals surface area contributed by atoms with Crippen LogP contribution >= 0.6 is 0 Å². The van der Waals surface area contributed by atoms with Gasteiger partial charge in [0.25, 0.3) is 0 Å². The molecule has 0 bridgehead atoms. The highest BCUT2D eigenvalue weighted by Crippen LogP contribution is 2.18. The van der Waals surface area contributed by atoms with Crippen LogP contribution in [0, 0.1) is 0 Å². The molecule has 1 atom stereocenters. The summed E-state index contributed by atoms with van der Waals surface area (Å²) >= 11 is 0. The average molecular weight is 171 g/mol. The van der Waals surface area contributed by atoms with Gasteiger partial charge in [-0.3, -0.25) is 9.69 Å². The lowest BCUT2D eigenvalue weighted by molar-refractivity contribution is -0.125. The van der Waals surface area contributed by atoms with Crippen molar-refractivity contribution in [1.82, 2.24) is 4.90 Å². The Labute approximate surface area is 73.4 Å². The molecule has 0 aromatic rings. The number of Topliss-reactive ketones (excluding diaryl/α,β-unsaturated/α-hetero) is 1. The van der Waals surface area contributed by atoms with Crippen LogP contribution in [0.5, 0.6) is 0 Å². The molecular weight excluding hydrogens is 154 g/mol. The second kappa shape index (κ2) is 4.58. The Morgan fingerprint density at radius 3 is 2.92 bits per heavy atom. The van der Waals surface area contributed by atoms with Gasteiger partial charge >= 0.3 is 0 Å². The number of ketones is 1. The summed E-state index contributed by atoms with van der Waals surface area (Å²) in [6.45, 7) is 0.747. The lowest BCUT2D eigenvalue weighted by Crippen LogP contribution is -2.41. The third-order valence-electron chi connectivity index (χ3n) is 2.51. The highest BCUT2D eigenvalue weighted by molar-refractivity contribution is 5.84. The fraction of sp³-hybridized carbons (Fsp3) is 0.889. The Balaban J connectivity index is 2.42. The number of hydrogen-bond donors (Lipinski definition) is 1. The largest absolute Gasteiger partial charge is 0.395 e. The summed E-state index contributed by atoms with van der Waals surface area (Å²) in [6, 6.07) is 0.0749. The van der Waals surface area contributed by atoms with Crippen molar-refractivity contribution < 1.29 is 9.90 Å². The van der Waals surface area contributed by atoms with Gasteiger partial charge in [-0.1, -0.05) is 6.42 Å². The molecule has 0 amide bonds. The number of carbonyl (C=O) groups excluding carboxylic acids is 1. The molecule has 70 valence electrons. The molecular formula is C9H17NO2. The highest BCUT2D eigenvalue weighted by atomic mass is 16.3. The fourth-order valence-electron chi connectivity index (χ4n) is 1.74. The Hall–Kier alpha value is -0.410. The summed E-state index contributed by atoms with van der Waals surface area (Å²) in [5.41, 5.74) is 0. The van der Waals surface area contributed by atoms with E-state index < -0.39 is 0 Å². The van der Waals surface area contributed by atoms with Crippen LogP contribution in [0.1, 0.15) is 25.7 Å². The zero-order valence-electron chi connectivity index (χ0n) is 7.62. The van der Waals surface area contributed by atoms with Gasteiger partial charge in [0.15, 0.2) is 0 Å². The lowest BCUT2D eigenvalue weighted by atomic mass is 9.93. The normalized spacial score (nSPS) is 24.9. The second-order valence-corrected chi connectivity index (χ2v) is 3.43. The van der Waals surface area contributed by atoms with E-state index in [2.05, 4.69) is 0 Å². The zero-order valence-corrected chi connectivity index (χ0v) is 7.62. The molecule has 12 heavy (non-hydrogen) atoms. The first kappa shape index (κ1) is 9.68. The number of aliphatic hydroxyl groups is 1. The first-order chi connectivity index (χ1) is 5.75. The van der Waals surface area contributed by atoms with Crippen molar-refractivity contribution in [1.29, 1.82) is 0 Å². The van der Waals surface area contributed by atoms with Gasteiger partial charge in [-0.2, -0.15) is 0 Å². The van der Waals surface area contributed by atoms with Crippen LogP contribution < -0.4 is 0 Å². The molecule has 3 heteroatoms. The minimum atomic E-state index is 0.0749. The molecule has 1 rings (SSSR count). The first-order valence-corrected chi connectivity index (χ1v) is 4.59. The average Bonchev–Trinajstić information content (AvgIpc) is 2.05. The van der Waals surface area contributed by atoms with E-state index in [9.17, 15) is 4.79 Å². The molecule has 0 saturated heterocycles. The first-order valence-electron chi connectivity index (χ1n) is 4.59. The Morgan fingerprint density at radius 1 is 1.58 bits per heavy atom.